The van der Waals surface area contributed by atoms with Crippen molar-refractivity contribution in [2.45, 2.75) is 26.3 Å². The zero-order chi connectivity index (χ0) is 17.5. The molecule has 0 spiro atoms. The summed E-state index contributed by atoms with van der Waals surface area (Å²) in [7, 11) is 1.90. The molecule has 0 atom stereocenters. The lowest BCUT2D eigenvalue weighted by atomic mass is 10.0. The number of rotatable bonds is 4. The van der Waals surface area contributed by atoms with Crippen LogP contribution >= 0.6 is 24.0 Å². The molecular weight excluding hydrogens is 439 g/mol. The van der Waals surface area contributed by atoms with Gasteiger partial charge in [-0.3, -0.25) is 4.68 Å². The fourth-order valence-corrected chi connectivity index (χ4v) is 2.97. The highest BCUT2D eigenvalue weighted by Crippen LogP contribution is 2.19. The van der Waals surface area contributed by atoms with Gasteiger partial charge in [-0.2, -0.15) is 5.10 Å². The summed E-state index contributed by atoms with van der Waals surface area (Å²) >= 11 is 0. The molecule has 0 unspecified atom stereocenters. The molecule has 0 aliphatic carbocycles. The van der Waals surface area contributed by atoms with Crippen LogP contribution in [0.5, 0.6) is 0 Å². The number of aliphatic imine (C=N–C) groups is 1. The summed E-state index contributed by atoms with van der Waals surface area (Å²) in [5.41, 5.74) is 2.79. The summed E-state index contributed by atoms with van der Waals surface area (Å²) in [4.78, 5) is 11.3. The Bertz CT molecular complexity index is 727. The van der Waals surface area contributed by atoms with E-state index < -0.39 is 0 Å². The minimum atomic E-state index is 0. The molecule has 2 heterocycles. The molecule has 1 saturated heterocycles. The number of nitrogens with one attached hydrogen (secondary N) is 1. The molecule has 1 aromatic heterocycles. The van der Waals surface area contributed by atoms with Gasteiger partial charge in [0.15, 0.2) is 5.96 Å². The van der Waals surface area contributed by atoms with Gasteiger partial charge in [0.05, 0.1) is 0 Å². The van der Waals surface area contributed by atoms with E-state index >= 15 is 0 Å². The van der Waals surface area contributed by atoms with Crippen molar-refractivity contribution in [3.63, 3.8) is 0 Å². The van der Waals surface area contributed by atoms with Crippen LogP contribution in [-0.4, -0.2) is 45.3 Å². The third kappa shape index (κ3) is 5.55. The standard InChI is InChI=1S/C19H26N6.HI/c1-3-20-19(21-14-18-22-15-23-24(18)2)25-11-9-17(10-12-25)13-16-7-5-4-6-8-16;/h4-8,13,15H,3,9-12,14H2,1-2H3,(H,20,21);1H. The molecule has 1 aromatic carbocycles. The van der Waals surface area contributed by atoms with Gasteiger partial charge in [-0.25, -0.2) is 9.98 Å². The van der Waals surface area contributed by atoms with Crippen LogP contribution in [0.2, 0.25) is 0 Å². The molecule has 0 amide bonds. The zero-order valence-corrected chi connectivity index (χ0v) is 17.8. The van der Waals surface area contributed by atoms with Crippen molar-refractivity contribution in [3.05, 3.63) is 53.6 Å². The van der Waals surface area contributed by atoms with E-state index in [0.717, 1.165) is 44.3 Å². The zero-order valence-electron chi connectivity index (χ0n) is 15.4. The smallest absolute Gasteiger partial charge is 0.194 e. The molecule has 0 radical (unpaired) electrons. The van der Waals surface area contributed by atoms with Crippen LogP contribution in [0.4, 0.5) is 0 Å². The number of aromatic nitrogens is 3. The molecule has 0 saturated carbocycles. The summed E-state index contributed by atoms with van der Waals surface area (Å²) in [6.07, 6.45) is 6.03. The average Bonchev–Trinajstić information content (AvgIpc) is 3.05. The maximum atomic E-state index is 4.74. The first-order chi connectivity index (χ1) is 12.3. The Labute approximate surface area is 172 Å². The summed E-state index contributed by atoms with van der Waals surface area (Å²) in [5, 5.41) is 7.50. The fraction of sp³-hybridized carbons (Fsp3) is 0.421. The SMILES string of the molecule is CCNC(=NCc1ncnn1C)N1CCC(=Cc2ccccc2)CC1.I. The van der Waals surface area contributed by atoms with E-state index in [-0.39, 0.29) is 24.0 Å². The highest BCUT2D eigenvalue weighted by atomic mass is 127. The topological polar surface area (TPSA) is 58.3 Å². The molecule has 1 aliphatic heterocycles. The number of guanidine groups is 1. The summed E-state index contributed by atoms with van der Waals surface area (Å²) in [6, 6.07) is 10.5. The van der Waals surface area contributed by atoms with Crippen LogP contribution in [0.15, 0.2) is 47.2 Å². The van der Waals surface area contributed by atoms with Crippen LogP contribution in [0.25, 0.3) is 6.08 Å². The number of hydrogen-bond donors (Lipinski definition) is 1. The number of nitrogens with zero attached hydrogens (tertiary/aromatic N) is 5. The Kier molecular flexibility index (Phi) is 8.08. The van der Waals surface area contributed by atoms with E-state index in [1.165, 1.54) is 11.1 Å². The molecular formula is C19H27IN6. The van der Waals surface area contributed by atoms with Gasteiger partial charge in [-0.15, -0.1) is 24.0 Å². The highest BCUT2D eigenvalue weighted by Gasteiger charge is 2.17. The van der Waals surface area contributed by atoms with Gasteiger partial charge >= 0.3 is 0 Å². The minimum Gasteiger partial charge on any atom is -0.357 e. The number of benzene rings is 1. The Morgan fingerprint density at radius 1 is 1.23 bits per heavy atom. The lowest BCUT2D eigenvalue weighted by molar-refractivity contribution is 0.375. The van der Waals surface area contributed by atoms with Crippen molar-refractivity contribution < 1.29 is 0 Å². The van der Waals surface area contributed by atoms with E-state index in [0.29, 0.717) is 6.54 Å². The Balaban J connectivity index is 0.00000243. The summed E-state index contributed by atoms with van der Waals surface area (Å²) < 4.78 is 1.77. The van der Waals surface area contributed by atoms with Crippen LogP contribution in [0.3, 0.4) is 0 Å². The van der Waals surface area contributed by atoms with E-state index in [2.05, 4.69) is 63.6 Å². The van der Waals surface area contributed by atoms with Gasteiger partial charge in [-0.1, -0.05) is 42.0 Å². The van der Waals surface area contributed by atoms with Gasteiger partial charge in [0.2, 0.25) is 0 Å². The van der Waals surface area contributed by atoms with Crippen LogP contribution in [-0.2, 0) is 13.6 Å². The number of hydrogen-bond acceptors (Lipinski definition) is 3. The Morgan fingerprint density at radius 3 is 2.58 bits per heavy atom. The third-order valence-electron chi connectivity index (χ3n) is 4.39. The monoisotopic (exact) mass is 466 g/mol. The fourth-order valence-electron chi connectivity index (χ4n) is 2.97. The molecule has 1 N–H and O–H groups in total. The van der Waals surface area contributed by atoms with Crippen molar-refractivity contribution in [1.82, 2.24) is 25.0 Å². The Morgan fingerprint density at radius 2 is 1.96 bits per heavy atom. The van der Waals surface area contributed by atoms with Crippen molar-refractivity contribution >= 4 is 36.0 Å². The average molecular weight is 466 g/mol. The predicted octanol–water partition coefficient (Wildman–Crippen LogP) is 3.08. The van der Waals surface area contributed by atoms with Crippen molar-refractivity contribution in [3.8, 4) is 0 Å². The van der Waals surface area contributed by atoms with Crippen LogP contribution in [0.1, 0.15) is 31.2 Å². The first kappa shape index (κ1) is 20.4. The van der Waals surface area contributed by atoms with Gasteiger partial charge in [-0.05, 0) is 25.3 Å². The molecule has 1 aliphatic rings. The normalized spacial score (nSPS) is 14.8. The molecule has 26 heavy (non-hydrogen) atoms. The second-order valence-electron chi connectivity index (χ2n) is 6.17. The highest BCUT2D eigenvalue weighted by molar-refractivity contribution is 14.0. The van der Waals surface area contributed by atoms with Gasteiger partial charge in [0.25, 0.3) is 0 Å². The number of likely N-dealkylation sites (tertiary alicyclic amines) is 1. The largest absolute Gasteiger partial charge is 0.357 e. The quantitative estimate of drug-likeness (QED) is 0.428. The molecule has 7 heteroatoms. The Hall–Kier alpha value is -1.90. The molecule has 0 bridgehead atoms. The second-order valence-corrected chi connectivity index (χ2v) is 6.17. The minimum absolute atomic E-state index is 0. The number of halogens is 1. The molecule has 6 nitrogen and oxygen atoms in total. The number of piperidine rings is 1. The van der Waals surface area contributed by atoms with Gasteiger partial charge in [0.1, 0.15) is 18.7 Å². The maximum absolute atomic E-state index is 4.74. The first-order valence-corrected chi connectivity index (χ1v) is 8.87. The predicted molar refractivity (Wildman–Crippen MR) is 116 cm³/mol. The van der Waals surface area contributed by atoms with E-state index in [1.807, 2.05) is 7.05 Å². The molecule has 1 fully saturated rings. The van der Waals surface area contributed by atoms with Crippen LogP contribution < -0.4 is 5.32 Å². The lowest BCUT2D eigenvalue weighted by Crippen LogP contribution is -2.44. The third-order valence-corrected chi connectivity index (χ3v) is 4.39. The summed E-state index contributed by atoms with van der Waals surface area (Å²) in [5.74, 6) is 1.83. The molecule has 2 aromatic rings. The van der Waals surface area contributed by atoms with E-state index in [9.17, 15) is 0 Å². The summed E-state index contributed by atoms with van der Waals surface area (Å²) in [6.45, 7) is 5.48. The first-order valence-electron chi connectivity index (χ1n) is 8.87. The van der Waals surface area contributed by atoms with Crippen molar-refractivity contribution in [1.29, 1.82) is 0 Å². The second kappa shape index (κ2) is 10.3. The van der Waals surface area contributed by atoms with Gasteiger partial charge < -0.3 is 10.2 Å². The van der Waals surface area contributed by atoms with Crippen LogP contribution in [0, 0.1) is 0 Å². The van der Waals surface area contributed by atoms with E-state index in [1.54, 1.807) is 11.0 Å². The maximum Gasteiger partial charge on any atom is 0.194 e. The molecule has 3 rings (SSSR count). The van der Waals surface area contributed by atoms with Gasteiger partial charge in [0, 0.05) is 26.7 Å². The van der Waals surface area contributed by atoms with Crippen molar-refractivity contribution in [2.75, 3.05) is 19.6 Å². The number of aryl methyl sites for hydroxylation is 1. The lowest BCUT2D eigenvalue weighted by Gasteiger charge is -2.31. The molecule has 140 valence electrons. The van der Waals surface area contributed by atoms with Crippen molar-refractivity contribution in [2.24, 2.45) is 12.0 Å². The van der Waals surface area contributed by atoms with E-state index in [4.69, 9.17) is 4.99 Å².